The molecule has 7 nitrogen and oxygen atoms in total. The van der Waals surface area contributed by atoms with E-state index in [0.717, 1.165) is 49.4 Å². The zero-order valence-electron chi connectivity index (χ0n) is 21.8. The summed E-state index contributed by atoms with van der Waals surface area (Å²) in [4.78, 5) is 22.4. The molecular weight excluding hydrogens is 507 g/mol. The molecule has 0 aromatic heterocycles. The van der Waals surface area contributed by atoms with Gasteiger partial charge in [-0.25, -0.2) is 18.0 Å². The summed E-state index contributed by atoms with van der Waals surface area (Å²) in [5.74, 6) is -4.42. The number of piperazine rings is 1. The summed E-state index contributed by atoms with van der Waals surface area (Å²) in [6.45, 7) is 4.59. The predicted octanol–water partition coefficient (Wildman–Crippen LogP) is 5.69. The second-order valence-corrected chi connectivity index (χ2v) is 9.36. The standard InChI is InChI=1S/C29H30F3N5O2/c1-29(31,32)26-11-8-24(19-27(26)30)34-28(38)37(17-14-35-12-15-36(39-2)16-13-35)25-9-6-22(7-10-25)23-5-3-4-21(18-23)20-33/h3-11,18-19H,12-17H2,1-2H3,(H,34,38). The molecule has 2 amide bonds. The number of amides is 2. The third-order valence-corrected chi connectivity index (χ3v) is 6.67. The fraction of sp³-hybridized carbons (Fsp3) is 0.310. The van der Waals surface area contributed by atoms with Crippen LogP contribution >= 0.6 is 0 Å². The van der Waals surface area contributed by atoms with Crippen molar-refractivity contribution in [3.63, 3.8) is 0 Å². The molecule has 0 saturated carbocycles. The van der Waals surface area contributed by atoms with Crippen LogP contribution < -0.4 is 10.2 Å². The highest BCUT2D eigenvalue weighted by Gasteiger charge is 2.28. The number of benzene rings is 3. The third kappa shape index (κ3) is 7.15. The molecule has 1 fully saturated rings. The van der Waals surface area contributed by atoms with E-state index in [9.17, 15) is 23.2 Å². The van der Waals surface area contributed by atoms with Crippen molar-refractivity contribution >= 4 is 17.4 Å². The first-order chi connectivity index (χ1) is 18.7. The van der Waals surface area contributed by atoms with E-state index in [2.05, 4.69) is 16.3 Å². The second-order valence-electron chi connectivity index (χ2n) is 9.36. The molecule has 1 heterocycles. The lowest BCUT2D eigenvalue weighted by Crippen LogP contribution is -2.49. The van der Waals surface area contributed by atoms with Gasteiger partial charge in [0.2, 0.25) is 0 Å². The lowest BCUT2D eigenvalue weighted by atomic mass is 10.0. The molecule has 0 unspecified atom stereocenters. The molecule has 0 aliphatic carbocycles. The largest absolute Gasteiger partial charge is 0.326 e. The Hall–Kier alpha value is -3.91. The average molecular weight is 538 g/mol. The molecule has 39 heavy (non-hydrogen) atoms. The molecule has 1 aliphatic heterocycles. The first-order valence-corrected chi connectivity index (χ1v) is 12.6. The Morgan fingerprint density at radius 3 is 2.38 bits per heavy atom. The Morgan fingerprint density at radius 1 is 1.05 bits per heavy atom. The Kier molecular flexibility index (Phi) is 8.86. The summed E-state index contributed by atoms with van der Waals surface area (Å²) >= 11 is 0. The van der Waals surface area contributed by atoms with Gasteiger partial charge < -0.3 is 10.2 Å². The van der Waals surface area contributed by atoms with Crippen molar-refractivity contribution in [1.29, 1.82) is 5.26 Å². The van der Waals surface area contributed by atoms with E-state index in [4.69, 9.17) is 4.84 Å². The minimum atomic E-state index is -3.33. The number of nitrogens with one attached hydrogen (secondary N) is 1. The van der Waals surface area contributed by atoms with Crippen LogP contribution in [0.25, 0.3) is 11.1 Å². The van der Waals surface area contributed by atoms with Gasteiger partial charge in [-0.3, -0.25) is 9.80 Å². The number of hydrogen-bond acceptors (Lipinski definition) is 5. The maximum atomic E-state index is 14.3. The molecule has 3 aromatic rings. The highest BCUT2D eigenvalue weighted by Crippen LogP contribution is 2.31. The summed E-state index contributed by atoms with van der Waals surface area (Å²) in [6, 6.07) is 19.3. The van der Waals surface area contributed by atoms with Gasteiger partial charge >= 0.3 is 6.03 Å². The highest BCUT2D eigenvalue weighted by atomic mass is 19.3. The molecular formula is C29H30F3N5O2. The zero-order valence-corrected chi connectivity index (χ0v) is 21.8. The molecule has 1 aliphatic rings. The van der Waals surface area contributed by atoms with Crippen LogP contribution in [0.15, 0.2) is 66.7 Å². The van der Waals surface area contributed by atoms with Gasteiger partial charge in [-0.05, 0) is 53.6 Å². The molecule has 4 rings (SSSR count). The van der Waals surface area contributed by atoms with Gasteiger partial charge in [0.15, 0.2) is 0 Å². The van der Waals surface area contributed by atoms with Crippen LogP contribution in [0.2, 0.25) is 0 Å². The second kappa shape index (κ2) is 12.3. The minimum Gasteiger partial charge on any atom is -0.307 e. The lowest BCUT2D eigenvalue weighted by molar-refractivity contribution is -0.151. The van der Waals surface area contributed by atoms with Crippen LogP contribution in [0.4, 0.5) is 29.3 Å². The predicted molar refractivity (Wildman–Crippen MR) is 144 cm³/mol. The third-order valence-electron chi connectivity index (χ3n) is 6.67. The molecule has 1 saturated heterocycles. The molecule has 0 atom stereocenters. The van der Waals surface area contributed by atoms with Gasteiger partial charge in [-0.15, -0.1) is 0 Å². The number of nitrogens with zero attached hydrogens (tertiary/aromatic N) is 4. The van der Waals surface area contributed by atoms with Crippen molar-refractivity contribution in [3.8, 4) is 17.2 Å². The molecule has 1 N–H and O–H groups in total. The maximum Gasteiger partial charge on any atom is 0.326 e. The van der Waals surface area contributed by atoms with E-state index in [-0.39, 0.29) is 5.69 Å². The van der Waals surface area contributed by atoms with E-state index in [0.29, 0.717) is 31.3 Å². The maximum absolute atomic E-state index is 14.3. The molecule has 204 valence electrons. The summed E-state index contributed by atoms with van der Waals surface area (Å²) < 4.78 is 41.6. The number of urea groups is 1. The number of carbonyl (C=O) groups excluding carboxylic acids is 1. The molecule has 0 bridgehead atoms. The van der Waals surface area contributed by atoms with E-state index in [1.165, 1.54) is 6.07 Å². The van der Waals surface area contributed by atoms with Crippen molar-refractivity contribution in [2.24, 2.45) is 0 Å². The lowest BCUT2D eigenvalue weighted by Gasteiger charge is -2.34. The fourth-order valence-corrected chi connectivity index (χ4v) is 4.47. The van der Waals surface area contributed by atoms with Gasteiger partial charge in [0.05, 0.1) is 24.3 Å². The van der Waals surface area contributed by atoms with Gasteiger partial charge in [0, 0.05) is 57.6 Å². The topological polar surface area (TPSA) is 71.8 Å². The monoisotopic (exact) mass is 537 g/mol. The van der Waals surface area contributed by atoms with Crippen LogP contribution in [0.3, 0.4) is 0 Å². The van der Waals surface area contributed by atoms with Crippen LogP contribution in [0, 0.1) is 17.1 Å². The van der Waals surface area contributed by atoms with Gasteiger partial charge in [-0.1, -0.05) is 24.3 Å². The SMILES string of the molecule is CON1CCN(CCN(C(=O)Nc2ccc(C(C)(F)F)c(F)c2)c2ccc(-c3cccc(C#N)c3)cc2)CC1. The summed E-state index contributed by atoms with van der Waals surface area (Å²) in [6.07, 6.45) is 0. The number of alkyl halides is 2. The van der Waals surface area contributed by atoms with Gasteiger partial charge in [0.25, 0.3) is 5.92 Å². The Balaban J connectivity index is 1.54. The summed E-state index contributed by atoms with van der Waals surface area (Å²) in [5.41, 5.74) is 2.25. The molecule has 0 spiro atoms. The number of halogens is 3. The number of rotatable bonds is 8. The normalized spacial score (nSPS) is 14.6. The molecule has 3 aromatic carbocycles. The Bertz CT molecular complexity index is 1330. The summed E-state index contributed by atoms with van der Waals surface area (Å²) in [7, 11) is 1.64. The quantitative estimate of drug-likeness (QED) is 0.400. The smallest absolute Gasteiger partial charge is 0.307 e. The van der Waals surface area contributed by atoms with E-state index >= 15 is 0 Å². The van der Waals surface area contributed by atoms with Crippen molar-refractivity contribution in [2.45, 2.75) is 12.8 Å². The average Bonchev–Trinajstić information content (AvgIpc) is 2.93. The van der Waals surface area contributed by atoms with E-state index < -0.39 is 23.3 Å². The minimum absolute atomic E-state index is 0.0779. The molecule has 0 radical (unpaired) electrons. The van der Waals surface area contributed by atoms with Gasteiger partial charge in [-0.2, -0.15) is 10.3 Å². The number of hydrogen-bond donors (Lipinski definition) is 1. The van der Waals surface area contributed by atoms with Crippen LogP contribution in [-0.2, 0) is 10.8 Å². The number of nitriles is 1. The van der Waals surface area contributed by atoms with Crippen molar-refractivity contribution < 1.29 is 22.8 Å². The number of carbonyl (C=O) groups is 1. The Morgan fingerprint density at radius 2 is 1.77 bits per heavy atom. The Labute approximate surface area is 226 Å². The number of anilines is 2. The van der Waals surface area contributed by atoms with Crippen LogP contribution in [0.5, 0.6) is 0 Å². The van der Waals surface area contributed by atoms with E-state index in [1.807, 2.05) is 29.3 Å². The number of hydroxylamine groups is 2. The zero-order chi connectivity index (χ0) is 28.0. The molecule has 10 heteroatoms. The van der Waals surface area contributed by atoms with Gasteiger partial charge in [0.1, 0.15) is 5.82 Å². The fourth-order valence-electron chi connectivity index (χ4n) is 4.47. The van der Waals surface area contributed by atoms with Crippen LogP contribution in [0.1, 0.15) is 18.1 Å². The van der Waals surface area contributed by atoms with Crippen molar-refractivity contribution in [1.82, 2.24) is 9.96 Å². The highest BCUT2D eigenvalue weighted by molar-refractivity contribution is 6.01. The van der Waals surface area contributed by atoms with Crippen molar-refractivity contribution in [3.05, 3.63) is 83.7 Å². The van der Waals surface area contributed by atoms with E-state index in [1.54, 1.807) is 36.3 Å². The first kappa shape index (κ1) is 28.1. The first-order valence-electron chi connectivity index (χ1n) is 12.6. The van der Waals surface area contributed by atoms with Crippen LogP contribution in [-0.4, -0.2) is 62.4 Å². The summed E-state index contributed by atoms with van der Waals surface area (Å²) in [5, 5.41) is 13.7. The van der Waals surface area contributed by atoms with Crippen molar-refractivity contribution in [2.75, 3.05) is 56.6 Å².